The summed E-state index contributed by atoms with van der Waals surface area (Å²) in [5.41, 5.74) is 4.23. The molecule has 0 aromatic carbocycles. The van der Waals surface area contributed by atoms with Gasteiger partial charge in [-0.05, 0) is 52.5 Å². The molecule has 0 bridgehead atoms. The van der Waals surface area contributed by atoms with Crippen LogP contribution in [0.5, 0.6) is 0 Å². The molecule has 2 aliphatic rings. The van der Waals surface area contributed by atoms with Crippen LogP contribution in [0.4, 0.5) is 0 Å². The molecule has 3 rings (SSSR count). The highest BCUT2D eigenvalue weighted by molar-refractivity contribution is 5.30. The van der Waals surface area contributed by atoms with Crippen LogP contribution in [0.25, 0.3) is 0 Å². The quantitative estimate of drug-likeness (QED) is 0.851. The second-order valence-corrected chi connectivity index (χ2v) is 5.66. The maximum absolute atomic E-state index is 4.80. The number of hydrogen-bond acceptors (Lipinski definition) is 2. The third kappa shape index (κ3) is 1.90. The second-order valence-electron chi connectivity index (χ2n) is 5.66. The molecule has 94 valence electrons. The molecule has 1 saturated carbocycles. The Morgan fingerprint density at radius 1 is 1.18 bits per heavy atom. The minimum Gasteiger partial charge on any atom is -0.316 e. The van der Waals surface area contributed by atoms with E-state index < -0.39 is 0 Å². The first-order valence-corrected chi connectivity index (χ1v) is 7.03. The van der Waals surface area contributed by atoms with Crippen LogP contribution in [0.2, 0.25) is 0 Å². The Morgan fingerprint density at radius 3 is 2.59 bits per heavy atom. The molecule has 3 nitrogen and oxygen atoms in total. The average molecular weight is 233 g/mol. The largest absolute Gasteiger partial charge is 0.316 e. The normalized spacial score (nSPS) is 25.9. The van der Waals surface area contributed by atoms with Gasteiger partial charge in [0.05, 0.1) is 11.7 Å². The van der Waals surface area contributed by atoms with Crippen molar-refractivity contribution in [2.75, 3.05) is 13.1 Å². The van der Waals surface area contributed by atoms with Crippen LogP contribution in [0.1, 0.15) is 61.0 Å². The molecule has 1 aliphatic carbocycles. The molecule has 1 saturated heterocycles. The van der Waals surface area contributed by atoms with Gasteiger partial charge in [0.25, 0.3) is 0 Å². The van der Waals surface area contributed by atoms with Gasteiger partial charge in [0, 0.05) is 23.7 Å². The van der Waals surface area contributed by atoms with Gasteiger partial charge in [-0.3, -0.25) is 4.68 Å². The summed E-state index contributed by atoms with van der Waals surface area (Å²) in [4.78, 5) is 0. The van der Waals surface area contributed by atoms with Crippen LogP contribution in [-0.4, -0.2) is 22.9 Å². The fraction of sp³-hybridized carbons (Fsp3) is 0.786. The number of nitrogens with zero attached hydrogens (tertiary/aromatic N) is 2. The highest BCUT2D eigenvalue weighted by Gasteiger charge is 2.27. The highest BCUT2D eigenvalue weighted by atomic mass is 15.3. The van der Waals surface area contributed by atoms with Crippen molar-refractivity contribution in [3.8, 4) is 0 Å². The van der Waals surface area contributed by atoms with Gasteiger partial charge in [0.2, 0.25) is 0 Å². The zero-order chi connectivity index (χ0) is 11.8. The zero-order valence-electron chi connectivity index (χ0n) is 11.0. The van der Waals surface area contributed by atoms with E-state index in [-0.39, 0.29) is 0 Å². The molecule has 0 amide bonds. The zero-order valence-corrected chi connectivity index (χ0v) is 11.0. The minimum atomic E-state index is 0.692. The summed E-state index contributed by atoms with van der Waals surface area (Å²) in [6.45, 7) is 6.78. The maximum atomic E-state index is 4.80. The maximum Gasteiger partial charge on any atom is 0.0631 e. The molecule has 1 unspecified atom stereocenters. The first-order valence-electron chi connectivity index (χ1n) is 7.03. The van der Waals surface area contributed by atoms with Crippen molar-refractivity contribution in [1.82, 2.24) is 15.1 Å². The third-order valence-electron chi connectivity index (χ3n) is 4.51. The van der Waals surface area contributed by atoms with Crippen molar-refractivity contribution in [1.29, 1.82) is 0 Å². The predicted molar refractivity (Wildman–Crippen MR) is 69.4 cm³/mol. The lowest BCUT2D eigenvalue weighted by Gasteiger charge is -2.28. The molecule has 0 radical (unpaired) electrons. The number of rotatable bonds is 2. The lowest BCUT2D eigenvalue weighted by Crippen LogP contribution is -2.29. The van der Waals surface area contributed by atoms with Crippen molar-refractivity contribution in [3.05, 3.63) is 17.0 Å². The van der Waals surface area contributed by atoms with Gasteiger partial charge in [-0.15, -0.1) is 0 Å². The Morgan fingerprint density at radius 2 is 2.00 bits per heavy atom. The van der Waals surface area contributed by atoms with Gasteiger partial charge in [0.15, 0.2) is 0 Å². The molecule has 1 aliphatic heterocycles. The topological polar surface area (TPSA) is 29.9 Å². The smallest absolute Gasteiger partial charge is 0.0631 e. The van der Waals surface area contributed by atoms with Crippen LogP contribution < -0.4 is 5.32 Å². The van der Waals surface area contributed by atoms with E-state index in [0.717, 1.165) is 6.54 Å². The summed E-state index contributed by atoms with van der Waals surface area (Å²) in [5.74, 6) is 0.692. The molecule has 0 spiro atoms. The molecular weight excluding hydrogens is 210 g/mol. The van der Waals surface area contributed by atoms with Gasteiger partial charge in [0.1, 0.15) is 0 Å². The fourth-order valence-corrected chi connectivity index (χ4v) is 3.35. The Kier molecular flexibility index (Phi) is 2.95. The molecule has 1 aromatic rings. The fourth-order valence-electron chi connectivity index (χ4n) is 3.35. The summed E-state index contributed by atoms with van der Waals surface area (Å²) in [5, 5.41) is 8.31. The van der Waals surface area contributed by atoms with Crippen LogP contribution in [0.3, 0.4) is 0 Å². The van der Waals surface area contributed by atoms with E-state index in [1.165, 1.54) is 55.6 Å². The monoisotopic (exact) mass is 233 g/mol. The van der Waals surface area contributed by atoms with Crippen molar-refractivity contribution in [3.63, 3.8) is 0 Å². The Bertz CT molecular complexity index is 398. The molecule has 1 atom stereocenters. The molecule has 1 N–H and O–H groups in total. The summed E-state index contributed by atoms with van der Waals surface area (Å²) in [7, 11) is 0. The minimum absolute atomic E-state index is 0.692. The van der Waals surface area contributed by atoms with Crippen molar-refractivity contribution >= 4 is 0 Å². The average Bonchev–Trinajstić information content (AvgIpc) is 2.54. The Balaban J connectivity index is 1.89. The number of aromatic nitrogens is 2. The lowest BCUT2D eigenvalue weighted by molar-refractivity contribution is 0.283. The summed E-state index contributed by atoms with van der Waals surface area (Å²) in [6, 6.07) is 0.694. The van der Waals surface area contributed by atoms with Crippen LogP contribution in [0.15, 0.2) is 0 Å². The SMILES string of the molecule is Cc1nn(C2CCC2)c(C)c1C1CCCNC1. The van der Waals surface area contributed by atoms with Crippen molar-refractivity contribution in [2.45, 2.75) is 57.9 Å². The van der Waals surface area contributed by atoms with E-state index >= 15 is 0 Å². The van der Waals surface area contributed by atoms with Gasteiger partial charge in [-0.25, -0.2) is 0 Å². The number of hydrogen-bond donors (Lipinski definition) is 1. The predicted octanol–water partition coefficient (Wildman–Crippen LogP) is 2.69. The van der Waals surface area contributed by atoms with Crippen molar-refractivity contribution < 1.29 is 0 Å². The van der Waals surface area contributed by atoms with E-state index in [1.807, 2.05) is 0 Å². The Hall–Kier alpha value is -0.830. The van der Waals surface area contributed by atoms with Crippen LogP contribution >= 0.6 is 0 Å². The first kappa shape index (κ1) is 11.3. The molecule has 17 heavy (non-hydrogen) atoms. The van der Waals surface area contributed by atoms with Crippen LogP contribution in [-0.2, 0) is 0 Å². The highest BCUT2D eigenvalue weighted by Crippen LogP contribution is 2.36. The van der Waals surface area contributed by atoms with Gasteiger partial charge >= 0.3 is 0 Å². The molecule has 2 heterocycles. The number of piperidine rings is 1. The first-order chi connectivity index (χ1) is 8.27. The standard InChI is InChI=1S/C14H23N3/c1-10-14(12-5-4-8-15-9-12)11(2)17(16-10)13-6-3-7-13/h12-13,15H,3-9H2,1-2H3. The van der Waals surface area contributed by atoms with E-state index in [4.69, 9.17) is 5.10 Å². The summed E-state index contributed by atoms with van der Waals surface area (Å²) < 4.78 is 2.31. The molecule has 1 aromatic heterocycles. The van der Waals surface area contributed by atoms with E-state index in [9.17, 15) is 0 Å². The van der Waals surface area contributed by atoms with Crippen molar-refractivity contribution in [2.24, 2.45) is 0 Å². The van der Waals surface area contributed by atoms with Gasteiger partial charge in [-0.2, -0.15) is 5.10 Å². The molecule has 3 heteroatoms. The summed E-state index contributed by atoms with van der Waals surface area (Å²) in [6.07, 6.45) is 6.65. The van der Waals surface area contributed by atoms with Gasteiger partial charge < -0.3 is 5.32 Å². The van der Waals surface area contributed by atoms with Gasteiger partial charge in [-0.1, -0.05) is 0 Å². The van der Waals surface area contributed by atoms with E-state index in [0.29, 0.717) is 12.0 Å². The number of aryl methyl sites for hydroxylation is 1. The third-order valence-corrected chi connectivity index (χ3v) is 4.51. The second kappa shape index (κ2) is 4.45. The lowest BCUT2D eigenvalue weighted by atomic mass is 9.89. The Labute approximate surface area is 104 Å². The number of nitrogens with one attached hydrogen (secondary N) is 1. The summed E-state index contributed by atoms with van der Waals surface area (Å²) >= 11 is 0. The van der Waals surface area contributed by atoms with E-state index in [2.05, 4.69) is 23.8 Å². The molecule has 2 fully saturated rings. The van der Waals surface area contributed by atoms with Crippen LogP contribution in [0, 0.1) is 13.8 Å². The molecular formula is C14H23N3. The van der Waals surface area contributed by atoms with E-state index in [1.54, 1.807) is 0 Å².